The van der Waals surface area contributed by atoms with Crippen molar-refractivity contribution in [2.75, 3.05) is 0 Å². The van der Waals surface area contributed by atoms with Crippen molar-refractivity contribution in [3.05, 3.63) is 90.2 Å². The number of para-hydroxylation sites is 1. The summed E-state index contributed by atoms with van der Waals surface area (Å²) >= 11 is 0. The molecule has 2 aromatic carbocycles. The fourth-order valence-electron chi connectivity index (χ4n) is 3.51. The Bertz CT molecular complexity index is 1150. The fraction of sp³-hybridized carbons (Fsp3) is 0.160. The third-order valence-electron chi connectivity index (χ3n) is 4.69. The summed E-state index contributed by atoms with van der Waals surface area (Å²) in [5.74, 6) is 0. The highest BCUT2D eigenvalue weighted by Gasteiger charge is 2.13. The van der Waals surface area contributed by atoms with Crippen molar-refractivity contribution in [1.82, 2.24) is 0 Å². The summed E-state index contributed by atoms with van der Waals surface area (Å²) in [6.07, 6.45) is 10.8. The topological polar surface area (TPSA) is 25.5 Å². The van der Waals surface area contributed by atoms with Crippen LogP contribution >= 0.6 is 0 Å². The zero-order valence-electron chi connectivity index (χ0n) is 15.8. The lowest BCUT2D eigenvalue weighted by molar-refractivity contribution is 0.669. The van der Waals surface area contributed by atoms with Crippen molar-refractivity contribution in [3.8, 4) is 0 Å². The Hall–Kier alpha value is -3.13. The van der Waals surface area contributed by atoms with Crippen molar-refractivity contribution in [2.45, 2.75) is 26.7 Å². The SMILES string of the molecule is C=C(/C=C(\N=C(C)C)C1=CCCC=C1)c1cccc2oc3ccccc3c12. The van der Waals surface area contributed by atoms with E-state index in [1.54, 1.807) is 0 Å². The van der Waals surface area contributed by atoms with E-state index < -0.39 is 0 Å². The summed E-state index contributed by atoms with van der Waals surface area (Å²) in [7, 11) is 0. The highest BCUT2D eigenvalue weighted by atomic mass is 16.3. The second-order valence-corrected chi connectivity index (χ2v) is 7.03. The number of hydrogen-bond acceptors (Lipinski definition) is 2. The summed E-state index contributed by atoms with van der Waals surface area (Å²) in [5.41, 5.74) is 6.95. The van der Waals surface area contributed by atoms with Crippen molar-refractivity contribution < 1.29 is 4.42 Å². The van der Waals surface area contributed by atoms with Gasteiger partial charge in [-0.1, -0.05) is 55.1 Å². The van der Waals surface area contributed by atoms with Crippen LogP contribution in [0.1, 0.15) is 32.3 Å². The number of fused-ring (bicyclic) bond motifs is 3. The van der Waals surface area contributed by atoms with E-state index in [9.17, 15) is 0 Å². The first-order chi connectivity index (χ1) is 13.1. The van der Waals surface area contributed by atoms with Crippen LogP contribution in [0.4, 0.5) is 0 Å². The van der Waals surface area contributed by atoms with Gasteiger partial charge in [0.1, 0.15) is 11.2 Å². The van der Waals surface area contributed by atoms with Gasteiger partial charge in [0.2, 0.25) is 0 Å². The second-order valence-electron chi connectivity index (χ2n) is 7.03. The maximum absolute atomic E-state index is 6.02. The van der Waals surface area contributed by atoms with E-state index in [1.807, 2.05) is 44.2 Å². The molecule has 1 aromatic heterocycles. The van der Waals surface area contributed by atoms with Gasteiger partial charge in [0, 0.05) is 16.5 Å². The molecule has 0 saturated carbocycles. The average molecular weight is 353 g/mol. The van der Waals surface area contributed by atoms with Gasteiger partial charge in [-0.25, -0.2) is 0 Å². The first-order valence-electron chi connectivity index (χ1n) is 9.33. The third kappa shape index (κ3) is 3.43. The minimum absolute atomic E-state index is 0.886. The summed E-state index contributed by atoms with van der Waals surface area (Å²) in [4.78, 5) is 4.77. The van der Waals surface area contributed by atoms with Crippen LogP contribution in [-0.2, 0) is 0 Å². The van der Waals surface area contributed by atoms with Crippen LogP contribution in [0.3, 0.4) is 0 Å². The molecular formula is C25H23NO. The highest BCUT2D eigenvalue weighted by molar-refractivity contribution is 6.10. The number of nitrogens with zero attached hydrogens (tertiary/aromatic N) is 1. The molecule has 0 aliphatic heterocycles. The van der Waals surface area contributed by atoms with E-state index >= 15 is 0 Å². The van der Waals surface area contributed by atoms with Gasteiger partial charge in [-0.3, -0.25) is 4.99 Å². The predicted octanol–water partition coefficient (Wildman–Crippen LogP) is 7.24. The first kappa shape index (κ1) is 17.3. The van der Waals surface area contributed by atoms with Crippen LogP contribution in [0, 0.1) is 0 Å². The molecule has 0 unspecified atom stereocenters. The first-order valence-corrected chi connectivity index (χ1v) is 9.33. The van der Waals surface area contributed by atoms with E-state index in [0.29, 0.717) is 0 Å². The van der Waals surface area contributed by atoms with Gasteiger partial charge in [-0.05, 0) is 61.6 Å². The number of benzene rings is 2. The van der Waals surface area contributed by atoms with E-state index in [4.69, 9.17) is 9.41 Å². The Kier molecular flexibility index (Phi) is 4.64. The molecule has 1 aliphatic carbocycles. The lowest BCUT2D eigenvalue weighted by Crippen LogP contribution is -1.93. The molecule has 0 spiro atoms. The standard InChI is InChI=1S/C25H23NO/c1-17(2)26-22(19-10-5-4-6-11-19)16-18(3)20-13-9-15-24-25(20)21-12-7-8-14-23(21)27-24/h5,7-16H,3-4,6H2,1-2H3/b22-16-. The molecule has 0 atom stereocenters. The molecule has 0 fully saturated rings. The van der Waals surface area contributed by atoms with Crippen LogP contribution in [0.15, 0.2) is 94.0 Å². The molecule has 2 heteroatoms. The number of aliphatic imine (C=N–C) groups is 1. The third-order valence-corrected chi connectivity index (χ3v) is 4.69. The normalized spacial score (nSPS) is 14.4. The van der Waals surface area contributed by atoms with Crippen molar-refractivity contribution in [2.24, 2.45) is 4.99 Å². The minimum atomic E-state index is 0.886. The van der Waals surface area contributed by atoms with E-state index in [-0.39, 0.29) is 0 Å². The molecule has 0 N–H and O–H groups in total. The average Bonchev–Trinajstić information content (AvgIpc) is 3.06. The van der Waals surface area contributed by atoms with Crippen molar-refractivity contribution in [3.63, 3.8) is 0 Å². The fourth-order valence-corrected chi connectivity index (χ4v) is 3.51. The zero-order valence-corrected chi connectivity index (χ0v) is 15.8. The van der Waals surface area contributed by atoms with Gasteiger partial charge in [-0.2, -0.15) is 0 Å². The van der Waals surface area contributed by atoms with Gasteiger partial charge in [-0.15, -0.1) is 0 Å². The molecular weight excluding hydrogens is 330 g/mol. The second kappa shape index (κ2) is 7.24. The lowest BCUT2D eigenvalue weighted by atomic mass is 9.97. The Morgan fingerprint density at radius 2 is 1.85 bits per heavy atom. The Balaban J connectivity index is 1.86. The van der Waals surface area contributed by atoms with Crippen LogP contribution < -0.4 is 0 Å². The zero-order chi connectivity index (χ0) is 18.8. The van der Waals surface area contributed by atoms with E-state index in [1.165, 1.54) is 0 Å². The molecule has 0 saturated heterocycles. The number of allylic oxidation sites excluding steroid dienone is 5. The highest BCUT2D eigenvalue weighted by Crippen LogP contribution is 2.35. The predicted molar refractivity (Wildman–Crippen MR) is 116 cm³/mol. The molecule has 3 aromatic rings. The van der Waals surface area contributed by atoms with Gasteiger partial charge in [0.15, 0.2) is 0 Å². The van der Waals surface area contributed by atoms with Gasteiger partial charge < -0.3 is 4.42 Å². The molecule has 4 rings (SSSR count). The molecule has 0 bridgehead atoms. The number of rotatable bonds is 4. The van der Waals surface area contributed by atoms with Crippen molar-refractivity contribution in [1.29, 1.82) is 0 Å². The lowest BCUT2D eigenvalue weighted by Gasteiger charge is -2.10. The van der Waals surface area contributed by atoms with Gasteiger partial charge in [0.25, 0.3) is 0 Å². The van der Waals surface area contributed by atoms with Gasteiger partial charge in [0.05, 0.1) is 5.70 Å². The summed E-state index contributed by atoms with van der Waals surface area (Å²) in [6, 6.07) is 14.3. The van der Waals surface area contributed by atoms with Crippen LogP contribution in [0.2, 0.25) is 0 Å². The van der Waals surface area contributed by atoms with E-state index in [0.717, 1.165) is 62.9 Å². The minimum Gasteiger partial charge on any atom is -0.456 e. The largest absolute Gasteiger partial charge is 0.456 e. The number of hydrogen-bond donors (Lipinski definition) is 0. The maximum Gasteiger partial charge on any atom is 0.136 e. The van der Waals surface area contributed by atoms with E-state index in [2.05, 4.69) is 43.0 Å². The Morgan fingerprint density at radius 3 is 2.63 bits per heavy atom. The molecule has 134 valence electrons. The van der Waals surface area contributed by atoms with Crippen LogP contribution in [-0.4, -0.2) is 5.71 Å². The molecule has 1 heterocycles. The summed E-state index contributed by atoms with van der Waals surface area (Å²) < 4.78 is 6.02. The summed E-state index contributed by atoms with van der Waals surface area (Å²) in [5, 5.41) is 2.23. The van der Waals surface area contributed by atoms with Crippen molar-refractivity contribution >= 4 is 33.2 Å². The molecule has 0 radical (unpaired) electrons. The number of furan rings is 1. The smallest absolute Gasteiger partial charge is 0.136 e. The van der Waals surface area contributed by atoms with Crippen LogP contribution in [0.5, 0.6) is 0 Å². The molecule has 0 amide bonds. The Morgan fingerprint density at radius 1 is 1.04 bits per heavy atom. The Labute approximate surface area is 159 Å². The quantitative estimate of drug-likeness (QED) is 0.358. The molecule has 2 nitrogen and oxygen atoms in total. The van der Waals surface area contributed by atoms with Gasteiger partial charge >= 0.3 is 0 Å². The maximum atomic E-state index is 6.02. The summed E-state index contributed by atoms with van der Waals surface area (Å²) in [6.45, 7) is 8.41. The molecule has 27 heavy (non-hydrogen) atoms. The molecule has 1 aliphatic rings. The van der Waals surface area contributed by atoms with Crippen LogP contribution in [0.25, 0.3) is 27.5 Å². The monoisotopic (exact) mass is 353 g/mol.